The standard InChI is InChI=1S/C17H18ClNO2/c1-13-6-2-3-7-14(13)10-11-16(18)12-15-8-4-5-9-17(15)19(20)21/h2-9,16H,10-12H2,1H3. The summed E-state index contributed by atoms with van der Waals surface area (Å²) in [7, 11) is 0. The Morgan fingerprint density at radius 1 is 1.10 bits per heavy atom. The van der Waals surface area contributed by atoms with Crippen molar-refractivity contribution in [2.24, 2.45) is 0 Å². The lowest BCUT2D eigenvalue weighted by molar-refractivity contribution is -0.385. The van der Waals surface area contributed by atoms with Crippen LogP contribution in [0.5, 0.6) is 0 Å². The van der Waals surface area contributed by atoms with Crippen LogP contribution in [-0.4, -0.2) is 10.3 Å². The van der Waals surface area contributed by atoms with Gasteiger partial charge in [-0.05, 0) is 37.3 Å². The van der Waals surface area contributed by atoms with E-state index in [9.17, 15) is 10.1 Å². The lowest BCUT2D eigenvalue weighted by Crippen LogP contribution is -2.07. The highest BCUT2D eigenvalue weighted by atomic mass is 35.5. The van der Waals surface area contributed by atoms with Gasteiger partial charge in [-0.3, -0.25) is 10.1 Å². The molecule has 0 N–H and O–H groups in total. The van der Waals surface area contributed by atoms with Crippen LogP contribution in [0.4, 0.5) is 5.69 Å². The molecule has 2 rings (SSSR count). The molecular weight excluding hydrogens is 286 g/mol. The Bertz CT molecular complexity index is 628. The normalized spacial score (nSPS) is 12.1. The van der Waals surface area contributed by atoms with E-state index in [2.05, 4.69) is 19.1 Å². The minimum atomic E-state index is -0.347. The van der Waals surface area contributed by atoms with E-state index in [0.29, 0.717) is 12.0 Å². The van der Waals surface area contributed by atoms with Gasteiger partial charge in [-0.25, -0.2) is 0 Å². The van der Waals surface area contributed by atoms with Crippen molar-refractivity contribution in [3.05, 3.63) is 75.3 Å². The summed E-state index contributed by atoms with van der Waals surface area (Å²) < 4.78 is 0. The van der Waals surface area contributed by atoms with Gasteiger partial charge >= 0.3 is 0 Å². The second-order valence-electron chi connectivity index (χ2n) is 5.15. The minimum absolute atomic E-state index is 0.106. The molecule has 4 heteroatoms. The zero-order chi connectivity index (χ0) is 15.2. The summed E-state index contributed by atoms with van der Waals surface area (Å²) in [6.45, 7) is 2.08. The number of nitro benzene ring substituents is 1. The van der Waals surface area contributed by atoms with E-state index >= 15 is 0 Å². The molecule has 3 nitrogen and oxygen atoms in total. The molecule has 110 valence electrons. The molecule has 2 aromatic carbocycles. The SMILES string of the molecule is Cc1ccccc1CCC(Cl)Cc1ccccc1[N+](=O)[O-]. The van der Waals surface area contributed by atoms with Crippen molar-refractivity contribution < 1.29 is 4.92 Å². The maximum atomic E-state index is 11.0. The Labute approximate surface area is 129 Å². The van der Waals surface area contributed by atoms with Crippen molar-refractivity contribution in [3.8, 4) is 0 Å². The van der Waals surface area contributed by atoms with Crippen LogP contribution in [0.25, 0.3) is 0 Å². The Hall–Kier alpha value is -1.87. The van der Waals surface area contributed by atoms with Crippen LogP contribution in [0.15, 0.2) is 48.5 Å². The molecule has 0 saturated carbocycles. The van der Waals surface area contributed by atoms with Gasteiger partial charge in [0, 0.05) is 17.0 Å². The van der Waals surface area contributed by atoms with Gasteiger partial charge < -0.3 is 0 Å². The molecule has 0 spiro atoms. The monoisotopic (exact) mass is 303 g/mol. The highest BCUT2D eigenvalue weighted by molar-refractivity contribution is 6.20. The van der Waals surface area contributed by atoms with E-state index in [0.717, 1.165) is 12.8 Å². The third-order valence-electron chi connectivity index (χ3n) is 3.62. The highest BCUT2D eigenvalue weighted by Gasteiger charge is 2.16. The number of halogens is 1. The van der Waals surface area contributed by atoms with Crippen LogP contribution in [0.2, 0.25) is 0 Å². The first-order valence-corrected chi connectivity index (χ1v) is 7.42. The number of rotatable bonds is 6. The lowest BCUT2D eigenvalue weighted by Gasteiger charge is -2.11. The summed E-state index contributed by atoms with van der Waals surface area (Å²) in [5.74, 6) is 0. The number of hydrogen-bond acceptors (Lipinski definition) is 2. The molecule has 1 unspecified atom stereocenters. The fraction of sp³-hybridized carbons (Fsp3) is 0.294. The summed E-state index contributed by atoms with van der Waals surface area (Å²) in [6, 6.07) is 15.0. The second-order valence-corrected chi connectivity index (χ2v) is 5.77. The van der Waals surface area contributed by atoms with Crippen molar-refractivity contribution in [1.82, 2.24) is 0 Å². The minimum Gasteiger partial charge on any atom is -0.258 e. The molecule has 1 atom stereocenters. The van der Waals surface area contributed by atoms with Gasteiger partial charge in [0.05, 0.1) is 4.92 Å². The third kappa shape index (κ3) is 4.30. The average molecular weight is 304 g/mol. The smallest absolute Gasteiger partial charge is 0.258 e. The van der Waals surface area contributed by atoms with Crippen molar-refractivity contribution in [3.63, 3.8) is 0 Å². The molecule has 0 bridgehead atoms. The second kappa shape index (κ2) is 7.23. The Balaban J connectivity index is 1.98. The summed E-state index contributed by atoms with van der Waals surface area (Å²) in [5, 5.41) is 10.9. The first-order chi connectivity index (χ1) is 10.1. The first-order valence-electron chi connectivity index (χ1n) is 6.99. The van der Waals surface area contributed by atoms with Crippen LogP contribution in [-0.2, 0) is 12.8 Å². The van der Waals surface area contributed by atoms with Crippen LogP contribution in [0, 0.1) is 17.0 Å². The van der Waals surface area contributed by atoms with Crippen molar-refractivity contribution >= 4 is 17.3 Å². The van der Waals surface area contributed by atoms with E-state index in [1.807, 2.05) is 18.2 Å². The number of nitro groups is 1. The average Bonchev–Trinajstić information content (AvgIpc) is 2.47. The Morgan fingerprint density at radius 3 is 2.38 bits per heavy atom. The maximum Gasteiger partial charge on any atom is 0.272 e. The molecule has 0 radical (unpaired) electrons. The molecule has 0 saturated heterocycles. The Morgan fingerprint density at radius 2 is 1.71 bits per heavy atom. The van der Waals surface area contributed by atoms with Crippen molar-refractivity contribution in [2.75, 3.05) is 0 Å². The fourth-order valence-electron chi connectivity index (χ4n) is 2.40. The number of aryl methyl sites for hydroxylation is 2. The number of para-hydroxylation sites is 1. The number of nitrogens with zero attached hydrogens (tertiary/aromatic N) is 1. The number of alkyl halides is 1. The summed E-state index contributed by atoms with van der Waals surface area (Å²) >= 11 is 6.37. The van der Waals surface area contributed by atoms with Crippen LogP contribution >= 0.6 is 11.6 Å². The maximum absolute atomic E-state index is 11.0. The van der Waals surface area contributed by atoms with Gasteiger partial charge in [0.1, 0.15) is 0 Å². The highest BCUT2D eigenvalue weighted by Crippen LogP contribution is 2.23. The van der Waals surface area contributed by atoms with Crippen molar-refractivity contribution in [1.29, 1.82) is 0 Å². The third-order valence-corrected chi connectivity index (χ3v) is 3.99. The topological polar surface area (TPSA) is 43.1 Å². The molecular formula is C17H18ClNO2. The van der Waals surface area contributed by atoms with E-state index in [-0.39, 0.29) is 16.0 Å². The van der Waals surface area contributed by atoms with E-state index in [1.54, 1.807) is 12.1 Å². The van der Waals surface area contributed by atoms with Gasteiger partial charge in [-0.15, -0.1) is 11.6 Å². The molecule has 0 aliphatic rings. The van der Waals surface area contributed by atoms with Gasteiger partial charge in [-0.2, -0.15) is 0 Å². The summed E-state index contributed by atoms with van der Waals surface area (Å²) in [6.07, 6.45) is 2.21. The van der Waals surface area contributed by atoms with E-state index < -0.39 is 0 Å². The molecule has 0 aromatic heterocycles. The summed E-state index contributed by atoms with van der Waals surface area (Å²) in [4.78, 5) is 10.6. The zero-order valence-electron chi connectivity index (χ0n) is 12.0. The quantitative estimate of drug-likeness (QED) is 0.441. The van der Waals surface area contributed by atoms with Crippen LogP contribution in [0.3, 0.4) is 0 Å². The molecule has 0 aliphatic heterocycles. The lowest BCUT2D eigenvalue weighted by atomic mass is 10.00. The predicted octanol–water partition coefficient (Wildman–Crippen LogP) is 4.69. The van der Waals surface area contributed by atoms with Crippen LogP contribution < -0.4 is 0 Å². The molecule has 0 amide bonds. The molecule has 0 aliphatic carbocycles. The van der Waals surface area contributed by atoms with Gasteiger partial charge in [0.25, 0.3) is 5.69 Å². The summed E-state index contributed by atoms with van der Waals surface area (Å²) in [5.41, 5.74) is 3.39. The van der Waals surface area contributed by atoms with Crippen LogP contribution in [0.1, 0.15) is 23.1 Å². The van der Waals surface area contributed by atoms with Gasteiger partial charge in [-0.1, -0.05) is 42.5 Å². The number of benzene rings is 2. The molecule has 2 aromatic rings. The zero-order valence-corrected chi connectivity index (χ0v) is 12.7. The first kappa shape index (κ1) is 15.5. The Kier molecular flexibility index (Phi) is 5.34. The molecule has 21 heavy (non-hydrogen) atoms. The number of hydrogen-bond donors (Lipinski definition) is 0. The molecule has 0 fully saturated rings. The van der Waals surface area contributed by atoms with Gasteiger partial charge in [0.15, 0.2) is 0 Å². The van der Waals surface area contributed by atoms with E-state index in [1.165, 1.54) is 17.2 Å². The largest absolute Gasteiger partial charge is 0.272 e. The van der Waals surface area contributed by atoms with Gasteiger partial charge in [0.2, 0.25) is 0 Å². The molecule has 0 heterocycles. The fourth-order valence-corrected chi connectivity index (χ4v) is 2.68. The predicted molar refractivity (Wildman–Crippen MR) is 85.9 cm³/mol. The van der Waals surface area contributed by atoms with Crippen molar-refractivity contribution in [2.45, 2.75) is 31.6 Å². The van der Waals surface area contributed by atoms with E-state index in [4.69, 9.17) is 11.6 Å².